The van der Waals surface area contributed by atoms with Crippen LogP contribution in [0, 0.1) is 5.92 Å². The number of anilines is 2. The zero-order valence-electron chi connectivity index (χ0n) is 11.0. The van der Waals surface area contributed by atoms with Crippen molar-refractivity contribution >= 4 is 22.4 Å². The fraction of sp³-hybridized carbons (Fsp3) is 0.538. The van der Waals surface area contributed by atoms with Gasteiger partial charge in [-0.2, -0.15) is 0 Å². The van der Waals surface area contributed by atoms with Crippen molar-refractivity contribution in [3.8, 4) is 0 Å². The van der Waals surface area contributed by atoms with E-state index in [1.165, 1.54) is 6.42 Å². The predicted molar refractivity (Wildman–Crippen MR) is 73.0 cm³/mol. The minimum atomic E-state index is 0.561. The van der Waals surface area contributed by atoms with E-state index in [4.69, 9.17) is 15.1 Å². The molecule has 1 aliphatic heterocycles. The van der Waals surface area contributed by atoms with Gasteiger partial charge in [0.05, 0.1) is 18.0 Å². The molecule has 0 amide bonds. The first-order valence-corrected chi connectivity index (χ1v) is 6.54. The summed E-state index contributed by atoms with van der Waals surface area (Å²) in [5.74, 6) is 0.561. The third kappa shape index (κ3) is 2.23. The van der Waals surface area contributed by atoms with Crippen LogP contribution in [0.2, 0.25) is 0 Å². The fourth-order valence-electron chi connectivity index (χ4n) is 2.78. The van der Waals surface area contributed by atoms with E-state index in [-0.39, 0.29) is 0 Å². The Morgan fingerprint density at radius 1 is 1.42 bits per heavy atom. The van der Waals surface area contributed by atoms with Crippen LogP contribution in [0.1, 0.15) is 12.8 Å². The van der Waals surface area contributed by atoms with Crippen LogP contribution in [0.15, 0.2) is 16.8 Å². The predicted octanol–water partition coefficient (Wildman–Crippen LogP) is 1.67. The zero-order chi connectivity index (χ0) is 13.2. The molecule has 1 aliphatic rings. The Hall–Kier alpha value is -1.82. The maximum atomic E-state index is 5.87. The van der Waals surface area contributed by atoms with Crippen molar-refractivity contribution in [3.05, 3.63) is 12.1 Å². The average molecular weight is 262 g/mol. The number of benzene rings is 1. The first-order valence-electron chi connectivity index (χ1n) is 6.54. The van der Waals surface area contributed by atoms with Gasteiger partial charge in [0.15, 0.2) is 11.0 Å². The van der Waals surface area contributed by atoms with Gasteiger partial charge in [0.2, 0.25) is 0 Å². The van der Waals surface area contributed by atoms with Crippen molar-refractivity contribution in [1.29, 1.82) is 0 Å². The van der Waals surface area contributed by atoms with Gasteiger partial charge >= 0.3 is 0 Å². The van der Waals surface area contributed by atoms with Gasteiger partial charge in [-0.05, 0) is 41.2 Å². The molecule has 2 aromatic rings. The third-order valence-electron chi connectivity index (χ3n) is 3.69. The highest BCUT2D eigenvalue weighted by Gasteiger charge is 2.23. The number of rotatable bonds is 3. The second kappa shape index (κ2) is 5.05. The van der Waals surface area contributed by atoms with Crippen molar-refractivity contribution < 1.29 is 9.37 Å². The van der Waals surface area contributed by atoms with Crippen LogP contribution in [0.4, 0.5) is 11.4 Å². The molecule has 1 unspecified atom stereocenters. The molecule has 0 saturated carbocycles. The standard InChI is InChI=1S/C13H18N4O2/c1-18-8-9-3-2-6-17(7-9)11-5-4-10(14)12-13(11)16-19-15-12/h4-5,9H,2-3,6-8,14H2,1H3. The highest BCUT2D eigenvalue weighted by Crippen LogP contribution is 2.31. The lowest BCUT2D eigenvalue weighted by molar-refractivity contribution is 0.143. The van der Waals surface area contributed by atoms with Gasteiger partial charge in [0, 0.05) is 20.2 Å². The van der Waals surface area contributed by atoms with Gasteiger partial charge in [-0.3, -0.25) is 0 Å². The number of nitrogens with two attached hydrogens (primary N) is 1. The molecule has 2 heterocycles. The molecule has 6 heteroatoms. The number of piperidine rings is 1. The number of nitrogens with zero attached hydrogens (tertiary/aromatic N) is 3. The van der Waals surface area contributed by atoms with Crippen molar-refractivity contribution in [2.75, 3.05) is 37.4 Å². The first kappa shape index (κ1) is 12.2. The number of ether oxygens (including phenoxy) is 1. The smallest absolute Gasteiger partial charge is 0.160 e. The van der Waals surface area contributed by atoms with E-state index >= 15 is 0 Å². The van der Waals surface area contributed by atoms with E-state index < -0.39 is 0 Å². The number of fused-ring (bicyclic) bond motifs is 1. The molecule has 1 aromatic heterocycles. The number of hydrogen-bond acceptors (Lipinski definition) is 6. The minimum Gasteiger partial charge on any atom is -0.397 e. The Morgan fingerprint density at radius 3 is 3.11 bits per heavy atom. The molecule has 0 radical (unpaired) electrons. The molecule has 6 nitrogen and oxygen atoms in total. The SMILES string of the molecule is COCC1CCCN(c2ccc(N)c3nonc23)C1. The molecule has 1 aromatic carbocycles. The van der Waals surface area contributed by atoms with E-state index in [0.717, 1.165) is 37.3 Å². The first-order chi connectivity index (χ1) is 9.29. The van der Waals surface area contributed by atoms with Crippen molar-refractivity contribution in [3.63, 3.8) is 0 Å². The van der Waals surface area contributed by atoms with E-state index in [0.29, 0.717) is 17.1 Å². The molecule has 0 aliphatic carbocycles. The maximum absolute atomic E-state index is 5.87. The van der Waals surface area contributed by atoms with Gasteiger partial charge in [-0.1, -0.05) is 0 Å². The van der Waals surface area contributed by atoms with Crippen LogP contribution in [-0.2, 0) is 4.74 Å². The van der Waals surface area contributed by atoms with Gasteiger partial charge in [0.1, 0.15) is 0 Å². The third-order valence-corrected chi connectivity index (χ3v) is 3.69. The molecule has 0 bridgehead atoms. The van der Waals surface area contributed by atoms with E-state index in [9.17, 15) is 0 Å². The molecule has 19 heavy (non-hydrogen) atoms. The van der Waals surface area contributed by atoms with Gasteiger partial charge < -0.3 is 15.4 Å². The van der Waals surface area contributed by atoms with Crippen LogP contribution in [0.3, 0.4) is 0 Å². The maximum Gasteiger partial charge on any atom is 0.160 e. The lowest BCUT2D eigenvalue weighted by atomic mass is 9.98. The monoisotopic (exact) mass is 262 g/mol. The Morgan fingerprint density at radius 2 is 2.26 bits per heavy atom. The fourth-order valence-corrected chi connectivity index (χ4v) is 2.78. The van der Waals surface area contributed by atoms with Gasteiger partial charge in [-0.15, -0.1) is 0 Å². The van der Waals surface area contributed by atoms with E-state index in [1.54, 1.807) is 7.11 Å². The summed E-state index contributed by atoms with van der Waals surface area (Å²) in [4.78, 5) is 2.32. The largest absolute Gasteiger partial charge is 0.397 e. The molecule has 1 saturated heterocycles. The van der Waals surface area contributed by atoms with Crippen LogP contribution >= 0.6 is 0 Å². The Labute approximate surface area is 111 Å². The molecule has 1 atom stereocenters. The highest BCUT2D eigenvalue weighted by molar-refractivity contribution is 5.95. The minimum absolute atomic E-state index is 0.561. The van der Waals surface area contributed by atoms with Gasteiger partial charge in [0.25, 0.3) is 0 Å². The Balaban J connectivity index is 1.91. The van der Waals surface area contributed by atoms with Crippen LogP contribution in [0.5, 0.6) is 0 Å². The van der Waals surface area contributed by atoms with E-state index in [2.05, 4.69) is 15.2 Å². The van der Waals surface area contributed by atoms with Crippen LogP contribution < -0.4 is 10.6 Å². The second-order valence-corrected chi connectivity index (χ2v) is 5.04. The summed E-state index contributed by atoms with van der Waals surface area (Å²) >= 11 is 0. The topological polar surface area (TPSA) is 77.4 Å². The van der Waals surface area contributed by atoms with Crippen molar-refractivity contribution in [2.24, 2.45) is 5.92 Å². The summed E-state index contributed by atoms with van der Waals surface area (Å²) < 4.78 is 10.1. The quantitative estimate of drug-likeness (QED) is 0.848. The summed E-state index contributed by atoms with van der Waals surface area (Å²) in [6.07, 6.45) is 2.37. The zero-order valence-corrected chi connectivity index (χ0v) is 11.0. The number of methoxy groups -OCH3 is 1. The molecule has 0 spiro atoms. The number of hydrogen-bond donors (Lipinski definition) is 1. The summed E-state index contributed by atoms with van der Waals surface area (Å²) in [5.41, 5.74) is 8.92. The summed E-state index contributed by atoms with van der Waals surface area (Å²) in [6, 6.07) is 3.86. The molecule has 3 rings (SSSR count). The summed E-state index contributed by atoms with van der Waals surface area (Å²) in [7, 11) is 1.75. The second-order valence-electron chi connectivity index (χ2n) is 5.04. The molecular formula is C13H18N4O2. The van der Waals surface area contributed by atoms with Crippen LogP contribution in [0.25, 0.3) is 11.0 Å². The molecule has 102 valence electrons. The van der Waals surface area contributed by atoms with Crippen molar-refractivity contribution in [1.82, 2.24) is 10.3 Å². The molecular weight excluding hydrogens is 244 g/mol. The Kier molecular flexibility index (Phi) is 3.25. The van der Waals surface area contributed by atoms with E-state index in [1.807, 2.05) is 12.1 Å². The normalized spacial score (nSPS) is 20.1. The Bertz CT molecular complexity index is 567. The summed E-state index contributed by atoms with van der Waals surface area (Å²) in [6.45, 7) is 2.79. The number of aromatic nitrogens is 2. The lowest BCUT2D eigenvalue weighted by Gasteiger charge is -2.34. The van der Waals surface area contributed by atoms with Gasteiger partial charge in [-0.25, -0.2) is 4.63 Å². The molecule has 2 N–H and O–H groups in total. The lowest BCUT2D eigenvalue weighted by Crippen LogP contribution is -2.37. The van der Waals surface area contributed by atoms with Crippen LogP contribution in [-0.4, -0.2) is 37.1 Å². The average Bonchev–Trinajstić information content (AvgIpc) is 2.90. The van der Waals surface area contributed by atoms with Crippen molar-refractivity contribution in [2.45, 2.75) is 12.8 Å². The highest BCUT2D eigenvalue weighted by atomic mass is 16.6. The summed E-state index contributed by atoms with van der Waals surface area (Å²) in [5, 5.41) is 7.85. The number of nitrogen functional groups attached to an aromatic ring is 1. The molecule has 1 fully saturated rings.